The van der Waals surface area contributed by atoms with Gasteiger partial charge >= 0.3 is 23.9 Å². The predicted octanol–water partition coefficient (Wildman–Crippen LogP) is 0.674. The summed E-state index contributed by atoms with van der Waals surface area (Å²) >= 11 is 0. The molecule has 1 aliphatic rings. The van der Waals surface area contributed by atoms with Crippen molar-refractivity contribution in [1.82, 2.24) is 0 Å². The van der Waals surface area contributed by atoms with Gasteiger partial charge in [-0.15, -0.1) is 0 Å². The third-order valence-corrected chi connectivity index (χ3v) is 3.74. The van der Waals surface area contributed by atoms with E-state index in [4.69, 9.17) is 20.4 Å². The molecule has 0 atom stereocenters. The zero-order valence-electron chi connectivity index (χ0n) is 11.1. The fourth-order valence-corrected chi connectivity index (χ4v) is 2.59. The van der Waals surface area contributed by atoms with Crippen molar-refractivity contribution < 1.29 is 39.6 Å². The van der Waals surface area contributed by atoms with Crippen molar-refractivity contribution in [1.29, 1.82) is 0 Å². The van der Waals surface area contributed by atoms with Crippen LogP contribution in [0.25, 0.3) is 0 Å². The summed E-state index contributed by atoms with van der Waals surface area (Å²) in [4.78, 5) is 44.0. The number of aliphatic carboxylic acids is 4. The fraction of sp³-hybridized carbons (Fsp3) is 0.538. The molecule has 0 aromatic heterocycles. The minimum absolute atomic E-state index is 0.265. The molecule has 0 aromatic carbocycles. The van der Waals surface area contributed by atoms with Gasteiger partial charge in [0.2, 0.25) is 0 Å². The highest BCUT2D eigenvalue weighted by Crippen LogP contribution is 2.44. The summed E-state index contributed by atoms with van der Waals surface area (Å²) in [6, 6.07) is 0. The molecule has 8 nitrogen and oxygen atoms in total. The Balaban J connectivity index is 2.98. The molecule has 21 heavy (non-hydrogen) atoms. The van der Waals surface area contributed by atoms with Crippen molar-refractivity contribution >= 4 is 23.9 Å². The Morgan fingerprint density at radius 2 is 1.05 bits per heavy atom. The Hall–Kier alpha value is -2.38. The Kier molecular flexibility index (Phi) is 5.07. The van der Waals surface area contributed by atoms with Crippen LogP contribution >= 0.6 is 0 Å². The topological polar surface area (TPSA) is 149 Å². The van der Waals surface area contributed by atoms with E-state index in [-0.39, 0.29) is 25.7 Å². The van der Waals surface area contributed by atoms with Gasteiger partial charge in [0.1, 0.15) is 0 Å². The first kappa shape index (κ1) is 16.7. The van der Waals surface area contributed by atoms with Crippen LogP contribution in [-0.4, -0.2) is 44.3 Å². The van der Waals surface area contributed by atoms with Gasteiger partial charge in [0, 0.05) is 0 Å². The Morgan fingerprint density at radius 3 is 1.29 bits per heavy atom. The molecule has 1 aliphatic carbocycles. The quantitative estimate of drug-likeness (QED) is 0.377. The highest BCUT2D eigenvalue weighted by Gasteiger charge is 2.43. The van der Waals surface area contributed by atoms with Crippen LogP contribution in [0.1, 0.15) is 25.7 Å². The monoisotopic (exact) mass is 300 g/mol. The number of hydrogen-bond acceptors (Lipinski definition) is 4. The van der Waals surface area contributed by atoms with E-state index in [9.17, 15) is 19.2 Å². The van der Waals surface area contributed by atoms with E-state index >= 15 is 0 Å². The molecule has 116 valence electrons. The third kappa shape index (κ3) is 4.04. The molecule has 0 unspecified atom stereocenters. The molecular formula is C13H16O8. The number of hydrogen-bond donors (Lipinski definition) is 4. The van der Waals surface area contributed by atoms with Crippen LogP contribution in [0, 0.1) is 17.3 Å². The van der Waals surface area contributed by atoms with E-state index in [1.54, 1.807) is 12.2 Å². The van der Waals surface area contributed by atoms with Crippen molar-refractivity contribution in [2.45, 2.75) is 25.7 Å². The van der Waals surface area contributed by atoms with E-state index in [0.717, 1.165) is 0 Å². The van der Waals surface area contributed by atoms with Gasteiger partial charge in [0.05, 0.1) is 0 Å². The first-order chi connectivity index (χ1) is 9.68. The lowest BCUT2D eigenvalue weighted by atomic mass is 9.71. The van der Waals surface area contributed by atoms with Gasteiger partial charge in [0.15, 0.2) is 11.8 Å². The largest absolute Gasteiger partial charge is 0.481 e. The molecule has 0 saturated heterocycles. The zero-order chi connectivity index (χ0) is 16.2. The van der Waals surface area contributed by atoms with Gasteiger partial charge in [-0.2, -0.15) is 0 Å². The molecule has 0 spiro atoms. The average Bonchev–Trinajstić information content (AvgIpc) is 2.81. The van der Waals surface area contributed by atoms with Crippen LogP contribution in [-0.2, 0) is 19.2 Å². The summed E-state index contributed by atoms with van der Waals surface area (Å²) < 4.78 is 0. The van der Waals surface area contributed by atoms with Crippen molar-refractivity contribution in [2.75, 3.05) is 0 Å². The fourth-order valence-electron chi connectivity index (χ4n) is 2.59. The smallest absolute Gasteiger partial charge is 0.317 e. The van der Waals surface area contributed by atoms with Crippen molar-refractivity contribution in [3.8, 4) is 0 Å². The Morgan fingerprint density at radius 1 is 0.762 bits per heavy atom. The number of carbonyl (C=O) groups is 4. The highest BCUT2D eigenvalue weighted by molar-refractivity contribution is 5.94. The van der Waals surface area contributed by atoms with Crippen molar-refractivity contribution in [3.05, 3.63) is 12.2 Å². The number of carboxylic acids is 4. The van der Waals surface area contributed by atoms with Crippen LogP contribution in [0.15, 0.2) is 12.2 Å². The van der Waals surface area contributed by atoms with Crippen LogP contribution < -0.4 is 0 Å². The van der Waals surface area contributed by atoms with Crippen molar-refractivity contribution in [3.63, 3.8) is 0 Å². The SMILES string of the molecule is O=C(O)C(CC1(CC(C(=O)O)C(=O)O)CC=CC1)C(=O)O. The summed E-state index contributed by atoms with van der Waals surface area (Å²) in [7, 11) is 0. The van der Waals surface area contributed by atoms with E-state index in [1.165, 1.54) is 0 Å². The molecule has 0 saturated carbocycles. The van der Waals surface area contributed by atoms with Crippen LogP contribution in [0.2, 0.25) is 0 Å². The lowest BCUT2D eigenvalue weighted by molar-refractivity contribution is -0.157. The highest BCUT2D eigenvalue weighted by atomic mass is 16.4. The Labute approximate surface area is 119 Å². The van der Waals surface area contributed by atoms with E-state index in [0.29, 0.717) is 0 Å². The van der Waals surface area contributed by atoms with Gasteiger partial charge in [-0.05, 0) is 31.1 Å². The van der Waals surface area contributed by atoms with Crippen LogP contribution in [0.4, 0.5) is 0 Å². The normalized spacial score (nSPS) is 16.3. The second-order valence-corrected chi connectivity index (χ2v) is 5.25. The van der Waals surface area contributed by atoms with E-state index in [2.05, 4.69) is 0 Å². The molecule has 0 bridgehead atoms. The molecule has 0 radical (unpaired) electrons. The molecule has 0 amide bonds. The maximum Gasteiger partial charge on any atom is 0.317 e. The molecule has 8 heteroatoms. The zero-order valence-corrected chi connectivity index (χ0v) is 11.1. The molecule has 0 aliphatic heterocycles. The lowest BCUT2D eigenvalue weighted by Crippen LogP contribution is -2.36. The second-order valence-electron chi connectivity index (χ2n) is 5.25. The van der Waals surface area contributed by atoms with Crippen molar-refractivity contribution in [2.24, 2.45) is 17.3 Å². The summed E-state index contributed by atoms with van der Waals surface area (Å²) in [5.74, 6) is -9.44. The molecule has 1 rings (SSSR count). The average molecular weight is 300 g/mol. The van der Waals surface area contributed by atoms with Gasteiger partial charge < -0.3 is 20.4 Å². The van der Waals surface area contributed by atoms with Crippen LogP contribution in [0.5, 0.6) is 0 Å². The number of rotatable bonds is 8. The summed E-state index contributed by atoms with van der Waals surface area (Å²) in [6.45, 7) is 0. The van der Waals surface area contributed by atoms with E-state index in [1.807, 2.05) is 0 Å². The molecule has 4 N–H and O–H groups in total. The molecular weight excluding hydrogens is 284 g/mol. The number of carboxylic acid groups (broad SMARTS) is 4. The summed E-state index contributed by atoms with van der Waals surface area (Å²) in [5, 5.41) is 35.7. The van der Waals surface area contributed by atoms with Gasteiger partial charge in [-0.1, -0.05) is 12.2 Å². The predicted molar refractivity (Wildman–Crippen MR) is 67.6 cm³/mol. The first-order valence-corrected chi connectivity index (χ1v) is 6.25. The molecule has 0 heterocycles. The first-order valence-electron chi connectivity index (χ1n) is 6.25. The maximum atomic E-state index is 11.0. The minimum Gasteiger partial charge on any atom is -0.481 e. The standard InChI is InChI=1S/C13H16O8/c14-9(15)7(10(16)17)5-13(3-1-2-4-13)6-8(11(18)19)12(20)21/h1-2,7-8H,3-6H2,(H,14,15)(H,16,17)(H,18,19)(H,20,21). The van der Waals surface area contributed by atoms with Crippen LogP contribution in [0.3, 0.4) is 0 Å². The van der Waals surface area contributed by atoms with Gasteiger partial charge in [0.25, 0.3) is 0 Å². The van der Waals surface area contributed by atoms with E-state index < -0.39 is 41.1 Å². The second kappa shape index (κ2) is 6.38. The summed E-state index contributed by atoms with van der Waals surface area (Å²) in [6.07, 6.45) is 3.29. The minimum atomic E-state index is -1.69. The van der Waals surface area contributed by atoms with Gasteiger partial charge in [-0.3, -0.25) is 19.2 Å². The third-order valence-electron chi connectivity index (χ3n) is 3.74. The molecule has 0 aromatic rings. The summed E-state index contributed by atoms with van der Waals surface area (Å²) in [5.41, 5.74) is -0.969. The number of allylic oxidation sites excluding steroid dienone is 2. The Bertz CT molecular complexity index is 420. The molecule has 0 fully saturated rings. The lowest BCUT2D eigenvalue weighted by Gasteiger charge is -2.32. The van der Waals surface area contributed by atoms with Gasteiger partial charge in [-0.25, -0.2) is 0 Å². The maximum absolute atomic E-state index is 11.0.